The van der Waals surface area contributed by atoms with Gasteiger partial charge in [0.05, 0.1) is 0 Å². The topological polar surface area (TPSA) is 0 Å². The second-order valence-corrected chi connectivity index (χ2v) is 8.28. The molecule has 0 saturated heterocycles. The molecule has 0 heterocycles. The van der Waals surface area contributed by atoms with Gasteiger partial charge in [0.2, 0.25) is 0 Å². The predicted octanol–water partition coefficient (Wildman–Crippen LogP) is 9.63. The van der Waals surface area contributed by atoms with Gasteiger partial charge in [-0.25, -0.2) is 0 Å². The first-order valence-corrected chi connectivity index (χ1v) is 12.5. The molecule has 2 radical (unpaired) electrons. The van der Waals surface area contributed by atoms with Crippen LogP contribution in [0.25, 0.3) is 0 Å². The van der Waals surface area contributed by atoms with E-state index in [1.165, 1.54) is 128 Å². The van der Waals surface area contributed by atoms with Gasteiger partial charge in [-0.05, 0) is 13.3 Å². The summed E-state index contributed by atoms with van der Waals surface area (Å²) in [6.45, 7) is 7.64. The van der Waals surface area contributed by atoms with Crippen molar-refractivity contribution in [3.8, 4) is 11.8 Å². The van der Waals surface area contributed by atoms with Gasteiger partial charge in [0.15, 0.2) is 0 Å². The van der Waals surface area contributed by atoms with Crippen molar-refractivity contribution in [3.05, 3.63) is 13.8 Å². The molecule has 0 saturated carbocycles. The monoisotopic (exact) mass is 374 g/mol. The van der Waals surface area contributed by atoms with Gasteiger partial charge in [-0.1, -0.05) is 135 Å². The van der Waals surface area contributed by atoms with Gasteiger partial charge in [0.1, 0.15) is 0 Å². The molecule has 0 rings (SSSR count). The Hall–Kier alpha value is -0.440. The van der Waals surface area contributed by atoms with Crippen LogP contribution < -0.4 is 0 Å². The van der Waals surface area contributed by atoms with Crippen LogP contribution in [0.4, 0.5) is 0 Å². The standard InChI is InChI=1S/C27H50/c1-3-5-7-9-11-13-15-17-19-21-23-25-27-26-24-22-20-18-16-14-12-10-8-6-4-2/h1-5,7,9-27H2. The zero-order valence-corrected chi connectivity index (χ0v) is 18.7. The fraction of sp³-hybridized carbons (Fsp3) is 0.852. The fourth-order valence-electron chi connectivity index (χ4n) is 3.75. The normalized spacial score (nSPS) is 10.7. The third kappa shape index (κ3) is 25.6. The summed E-state index contributed by atoms with van der Waals surface area (Å²) in [5, 5.41) is 0. The van der Waals surface area contributed by atoms with Crippen molar-refractivity contribution in [1.29, 1.82) is 0 Å². The van der Waals surface area contributed by atoms with Gasteiger partial charge < -0.3 is 0 Å². The lowest BCUT2D eigenvalue weighted by atomic mass is 10.0. The summed E-state index contributed by atoms with van der Waals surface area (Å²) in [6, 6.07) is 0. The number of hydrogen-bond donors (Lipinski definition) is 0. The van der Waals surface area contributed by atoms with E-state index >= 15 is 0 Å². The molecular weight excluding hydrogens is 324 g/mol. The van der Waals surface area contributed by atoms with Crippen molar-refractivity contribution in [2.45, 2.75) is 148 Å². The van der Waals surface area contributed by atoms with E-state index in [4.69, 9.17) is 0 Å². The van der Waals surface area contributed by atoms with Crippen molar-refractivity contribution in [1.82, 2.24) is 0 Å². The van der Waals surface area contributed by atoms with Crippen LogP contribution in [0.5, 0.6) is 0 Å². The zero-order chi connectivity index (χ0) is 19.7. The van der Waals surface area contributed by atoms with Crippen LogP contribution in [0.1, 0.15) is 148 Å². The molecule has 158 valence electrons. The first kappa shape index (κ1) is 26.6. The maximum absolute atomic E-state index is 3.91. The van der Waals surface area contributed by atoms with E-state index in [9.17, 15) is 0 Å². The molecule has 0 unspecified atom stereocenters. The van der Waals surface area contributed by atoms with Crippen LogP contribution in [-0.2, 0) is 0 Å². The van der Waals surface area contributed by atoms with Gasteiger partial charge >= 0.3 is 0 Å². The summed E-state index contributed by atoms with van der Waals surface area (Å²) in [4.78, 5) is 0. The highest BCUT2D eigenvalue weighted by Gasteiger charge is 1.95. The second kappa shape index (κ2) is 25.6. The van der Waals surface area contributed by atoms with Gasteiger partial charge in [0, 0.05) is 12.8 Å². The van der Waals surface area contributed by atoms with Gasteiger partial charge in [0.25, 0.3) is 0 Å². The third-order valence-corrected chi connectivity index (χ3v) is 5.55. The van der Waals surface area contributed by atoms with Crippen molar-refractivity contribution in [3.63, 3.8) is 0 Å². The average molecular weight is 375 g/mol. The first-order chi connectivity index (χ1) is 13.4. The first-order valence-electron chi connectivity index (χ1n) is 12.5. The number of hydrogen-bond acceptors (Lipinski definition) is 0. The second-order valence-electron chi connectivity index (χ2n) is 8.28. The molecule has 0 aliphatic rings. The lowest BCUT2D eigenvalue weighted by Gasteiger charge is -2.04. The van der Waals surface area contributed by atoms with Crippen molar-refractivity contribution < 1.29 is 0 Å². The molecule has 0 fully saturated rings. The molecule has 27 heavy (non-hydrogen) atoms. The fourth-order valence-corrected chi connectivity index (χ4v) is 3.75. The minimum atomic E-state index is 0.762. The molecule has 0 aromatic rings. The Bertz CT molecular complexity index is 306. The summed E-state index contributed by atoms with van der Waals surface area (Å²) < 4.78 is 0. The number of rotatable bonds is 21. The molecule has 0 spiro atoms. The highest BCUT2D eigenvalue weighted by atomic mass is 14.0. The summed E-state index contributed by atoms with van der Waals surface area (Å²) in [5.74, 6) is 6.23. The minimum absolute atomic E-state index is 0.762. The van der Waals surface area contributed by atoms with E-state index in [1.54, 1.807) is 0 Å². The molecule has 0 heteroatoms. The van der Waals surface area contributed by atoms with Crippen molar-refractivity contribution in [2.75, 3.05) is 0 Å². The maximum Gasteiger partial charge on any atom is 0.00890 e. The van der Waals surface area contributed by atoms with Crippen LogP contribution >= 0.6 is 0 Å². The molecular formula is C27H50. The molecule has 0 aliphatic carbocycles. The average Bonchev–Trinajstić information content (AvgIpc) is 2.68. The SMILES string of the molecule is [CH2]CC#CCCCCCCCCCCCCCCCCCCCCCC[CH2]. The Labute approximate surface area is 173 Å². The molecule has 0 aliphatic heterocycles. The summed E-state index contributed by atoms with van der Waals surface area (Å²) in [5.41, 5.74) is 0. The van der Waals surface area contributed by atoms with E-state index < -0.39 is 0 Å². The molecule has 0 aromatic carbocycles. The summed E-state index contributed by atoms with van der Waals surface area (Å²) >= 11 is 0. The quantitative estimate of drug-likeness (QED) is 0.138. The molecule has 0 amide bonds. The molecule has 0 N–H and O–H groups in total. The van der Waals surface area contributed by atoms with Crippen molar-refractivity contribution >= 4 is 0 Å². The molecule has 0 nitrogen and oxygen atoms in total. The summed E-state index contributed by atoms with van der Waals surface area (Å²) in [6.07, 6.45) is 31.6. The third-order valence-electron chi connectivity index (χ3n) is 5.55. The Morgan fingerprint density at radius 2 is 0.630 bits per heavy atom. The van der Waals surface area contributed by atoms with Crippen LogP contribution in [-0.4, -0.2) is 0 Å². The van der Waals surface area contributed by atoms with E-state index in [0.717, 1.165) is 19.3 Å². The van der Waals surface area contributed by atoms with Crippen molar-refractivity contribution in [2.24, 2.45) is 0 Å². The lowest BCUT2D eigenvalue weighted by Crippen LogP contribution is -1.84. The molecule has 0 atom stereocenters. The van der Waals surface area contributed by atoms with E-state index in [0.29, 0.717) is 0 Å². The maximum atomic E-state index is 3.91. The van der Waals surface area contributed by atoms with Gasteiger partial charge in [-0.2, -0.15) is 0 Å². The predicted molar refractivity (Wildman–Crippen MR) is 125 cm³/mol. The van der Waals surface area contributed by atoms with E-state index in [2.05, 4.69) is 25.7 Å². The smallest absolute Gasteiger partial charge is 0.00890 e. The Morgan fingerprint density at radius 3 is 0.926 bits per heavy atom. The van der Waals surface area contributed by atoms with Crippen LogP contribution in [0.15, 0.2) is 0 Å². The minimum Gasteiger partial charge on any atom is -0.103 e. The van der Waals surface area contributed by atoms with E-state index in [-0.39, 0.29) is 0 Å². The largest absolute Gasteiger partial charge is 0.103 e. The van der Waals surface area contributed by atoms with Crippen LogP contribution in [0.3, 0.4) is 0 Å². The van der Waals surface area contributed by atoms with Crippen LogP contribution in [0, 0.1) is 25.7 Å². The van der Waals surface area contributed by atoms with Gasteiger partial charge in [-0.15, -0.1) is 11.8 Å². The Morgan fingerprint density at radius 1 is 0.333 bits per heavy atom. The zero-order valence-electron chi connectivity index (χ0n) is 18.7. The number of unbranched alkanes of at least 4 members (excludes halogenated alkanes) is 21. The van der Waals surface area contributed by atoms with E-state index in [1.807, 2.05) is 0 Å². The van der Waals surface area contributed by atoms with Gasteiger partial charge in [-0.3, -0.25) is 0 Å². The lowest BCUT2D eigenvalue weighted by molar-refractivity contribution is 0.521. The highest BCUT2D eigenvalue weighted by molar-refractivity contribution is 4.98. The molecule has 0 aromatic heterocycles. The van der Waals surface area contributed by atoms with Crippen LogP contribution in [0.2, 0.25) is 0 Å². The molecule has 0 bridgehead atoms. The Kier molecular flexibility index (Phi) is 25.1. The highest BCUT2D eigenvalue weighted by Crippen LogP contribution is 2.15. The summed E-state index contributed by atoms with van der Waals surface area (Å²) in [7, 11) is 0. The Balaban J connectivity index is 2.99.